The highest BCUT2D eigenvalue weighted by molar-refractivity contribution is 6.31. The van der Waals surface area contributed by atoms with Crippen LogP contribution in [0.15, 0.2) is 18.2 Å². The average molecular weight is 286 g/mol. The Morgan fingerprint density at radius 3 is 2.63 bits per heavy atom. The molecule has 1 saturated heterocycles. The zero-order valence-corrected chi connectivity index (χ0v) is 12.3. The first-order valence-corrected chi connectivity index (χ1v) is 7.18. The van der Waals surface area contributed by atoms with Crippen LogP contribution >= 0.6 is 11.6 Å². The third-order valence-corrected chi connectivity index (χ3v) is 4.11. The first kappa shape index (κ1) is 14.8. The molecule has 1 aromatic rings. The van der Waals surface area contributed by atoms with Crippen LogP contribution in [0.3, 0.4) is 0 Å². The van der Waals surface area contributed by atoms with Gasteiger partial charge >= 0.3 is 0 Å². The van der Waals surface area contributed by atoms with Crippen LogP contribution in [0, 0.1) is 5.82 Å². The van der Waals surface area contributed by atoms with Crippen LogP contribution < -0.4 is 5.32 Å². The second kappa shape index (κ2) is 6.21. The molecule has 0 aliphatic carbocycles. The Bertz CT molecular complexity index is 430. The highest BCUT2D eigenvalue weighted by Crippen LogP contribution is 2.38. The van der Waals surface area contributed by atoms with Crippen molar-refractivity contribution in [3.05, 3.63) is 34.6 Å². The Hall–Kier alpha value is -0.640. The van der Waals surface area contributed by atoms with E-state index in [1.165, 1.54) is 12.1 Å². The minimum Gasteiger partial charge on any atom is -0.381 e. The van der Waals surface area contributed by atoms with E-state index in [-0.39, 0.29) is 11.2 Å². The smallest absolute Gasteiger partial charge is 0.124 e. The average Bonchev–Trinajstić information content (AvgIpc) is 2.37. The van der Waals surface area contributed by atoms with Gasteiger partial charge < -0.3 is 10.1 Å². The summed E-state index contributed by atoms with van der Waals surface area (Å²) in [6.07, 6.45) is 1.83. The molecule has 1 aliphatic rings. The van der Waals surface area contributed by atoms with E-state index in [4.69, 9.17) is 16.3 Å². The summed E-state index contributed by atoms with van der Waals surface area (Å²) in [5, 5.41) is 4.01. The maximum Gasteiger partial charge on any atom is 0.124 e. The maximum absolute atomic E-state index is 13.2. The van der Waals surface area contributed by atoms with Gasteiger partial charge in [0.05, 0.1) is 0 Å². The van der Waals surface area contributed by atoms with Gasteiger partial charge in [-0.25, -0.2) is 4.39 Å². The monoisotopic (exact) mass is 285 g/mol. The Morgan fingerprint density at radius 2 is 2.05 bits per heavy atom. The summed E-state index contributed by atoms with van der Waals surface area (Å²) in [5.74, 6) is -0.284. The normalized spacial score (nSPS) is 18.8. The van der Waals surface area contributed by atoms with E-state index in [0.29, 0.717) is 11.1 Å². The molecular weight excluding hydrogens is 265 g/mol. The van der Waals surface area contributed by atoms with Crippen molar-refractivity contribution in [2.45, 2.75) is 38.1 Å². The van der Waals surface area contributed by atoms with Crippen LogP contribution in [0.5, 0.6) is 0 Å². The van der Waals surface area contributed by atoms with Gasteiger partial charge in [-0.05, 0) is 30.5 Å². The highest BCUT2D eigenvalue weighted by atomic mass is 35.5. The lowest BCUT2D eigenvalue weighted by atomic mass is 9.74. The lowest BCUT2D eigenvalue weighted by Crippen LogP contribution is -2.44. The number of nitrogens with one attached hydrogen (secondary N) is 1. The summed E-state index contributed by atoms with van der Waals surface area (Å²) in [7, 11) is 0. The molecule has 0 spiro atoms. The number of benzene rings is 1. The number of rotatable bonds is 4. The minimum atomic E-state index is -0.284. The number of hydrogen-bond acceptors (Lipinski definition) is 2. The van der Waals surface area contributed by atoms with Crippen molar-refractivity contribution < 1.29 is 9.13 Å². The molecule has 1 aliphatic heterocycles. The van der Waals surface area contributed by atoms with Crippen molar-refractivity contribution in [1.82, 2.24) is 5.32 Å². The molecule has 1 fully saturated rings. The molecule has 2 rings (SSSR count). The number of hydrogen-bond donors (Lipinski definition) is 1. The zero-order valence-electron chi connectivity index (χ0n) is 11.5. The summed E-state index contributed by atoms with van der Waals surface area (Å²) >= 11 is 6.26. The zero-order chi connectivity index (χ0) is 13.9. The van der Waals surface area contributed by atoms with Crippen molar-refractivity contribution in [2.75, 3.05) is 19.8 Å². The molecule has 1 heterocycles. The first-order chi connectivity index (χ1) is 9.03. The fourth-order valence-corrected chi connectivity index (χ4v) is 2.99. The Kier molecular flexibility index (Phi) is 4.82. The third kappa shape index (κ3) is 3.47. The van der Waals surface area contributed by atoms with Gasteiger partial charge in [-0.1, -0.05) is 31.5 Å². The second-order valence-corrected chi connectivity index (χ2v) is 5.96. The molecule has 0 bridgehead atoms. The summed E-state index contributed by atoms with van der Waals surface area (Å²) in [6, 6.07) is 5.14. The Morgan fingerprint density at radius 1 is 1.37 bits per heavy atom. The fourth-order valence-electron chi connectivity index (χ4n) is 2.62. The molecule has 4 heteroatoms. The largest absolute Gasteiger partial charge is 0.381 e. The van der Waals surface area contributed by atoms with Gasteiger partial charge in [0.25, 0.3) is 0 Å². The third-order valence-electron chi connectivity index (χ3n) is 3.80. The SMILES string of the molecule is CC(C)NCC1(c2ccc(F)cc2Cl)CCOCC1. The van der Waals surface area contributed by atoms with Gasteiger partial charge in [-0.2, -0.15) is 0 Å². The number of ether oxygens (including phenoxy) is 1. The van der Waals surface area contributed by atoms with E-state index in [9.17, 15) is 4.39 Å². The lowest BCUT2D eigenvalue weighted by molar-refractivity contribution is 0.0492. The maximum atomic E-state index is 13.2. The molecular formula is C15H21ClFNO. The molecule has 0 unspecified atom stereocenters. The van der Waals surface area contributed by atoms with E-state index in [1.54, 1.807) is 0 Å². The quantitative estimate of drug-likeness (QED) is 0.914. The molecule has 0 atom stereocenters. The van der Waals surface area contributed by atoms with Crippen LogP contribution in [0.2, 0.25) is 5.02 Å². The van der Waals surface area contributed by atoms with Gasteiger partial charge in [0.15, 0.2) is 0 Å². The van der Waals surface area contributed by atoms with Crippen molar-refractivity contribution in [1.29, 1.82) is 0 Å². The lowest BCUT2D eigenvalue weighted by Gasteiger charge is -2.39. The standard InChI is InChI=1S/C15H21ClFNO/c1-11(2)18-10-15(5-7-19-8-6-15)13-4-3-12(17)9-14(13)16/h3-4,9,11,18H,5-8,10H2,1-2H3. The van der Waals surface area contributed by atoms with E-state index in [2.05, 4.69) is 19.2 Å². The predicted octanol–water partition coefficient (Wildman–Crippen LogP) is 3.53. The molecule has 0 amide bonds. The van der Waals surface area contributed by atoms with Crippen molar-refractivity contribution in [3.63, 3.8) is 0 Å². The van der Waals surface area contributed by atoms with Gasteiger partial charge in [0.1, 0.15) is 5.82 Å². The molecule has 0 radical (unpaired) electrons. The van der Waals surface area contributed by atoms with E-state index >= 15 is 0 Å². The number of halogens is 2. The first-order valence-electron chi connectivity index (χ1n) is 6.80. The molecule has 2 nitrogen and oxygen atoms in total. The summed E-state index contributed by atoms with van der Waals surface area (Å²) < 4.78 is 18.7. The molecule has 0 saturated carbocycles. The summed E-state index contributed by atoms with van der Waals surface area (Å²) in [6.45, 7) is 6.55. The van der Waals surface area contributed by atoms with Gasteiger partial charge in [0, 0.05) is 36.2 Å². The summed E-state index contributed by atoms with van der Waals surface area (Å²) in [4.78, 5) is 0. The molecule has 1 N–H and O–H groups in total. The van der Waals surface area contributed by atoms with Crippen molar-refractivity contribution in [3.8, 4) is 0 Å². The molecule has 0 aromatic heterocycles. The van der Waals surface area contributed by atoms with E-state index in [0.717, 1.165) is 38.2 Å². The van der Waals surface area contributed by atoms with Crippen molar-refractivity contribution in [2.24, 2.45) is 0 Å². The van der Waals surface area contributed by atoms with Crippen LogP contribution in [-0.4, -0.2) is 25.8 Å². The topological polar surface area (TPSA) is 21.3 Å². The molecule has 106 valence electrons. The van der Waals surface area contributed by atoms with Crippen LogP contribution in [0.1, 0.15) is 32.3 Å². The van der Waals surface area contributed by atoms with E-state index in [1.807, 2.05) is 6.07 Å². The Labute approximate surface area is 119 Å². The van der Waals surface area contributed by atoms with E-state index < -0.39 is 0 Å². The van der Waals surface area contributed by atoms with Gasteiger partial charge in [-0.3, -0.25) is 0 Å². The second-order valence-electron chi connectivity index (χ2n) is 5.55. The van der Waals surface area contributed by atoms with Crippen molar-refractivity contribution >= 4 is 11.6 Å². The fraction of sp³-hybridized carbons (Fsp3) is 0.600. The predicted molar refractivity (Wildman–Crippen MR) is 76.3 cm³/mol. The molecule has 1 aromatic carbocycles. The van der Waals surface area contributed by atoms with Crippen LogP contribution in [0.4, 0.5) is 4.39 Å². The van der Waals surface area contributed by atoms with Crippen LogP contribution in [0.25, 0.3) is 0 Å². The van der Waals surface area contributed by atoms with Crippen LogP contribution in [-0.2, 0) is 10.2 Å². The minimum absolute atomic E-state index is 0.0483. The van der Waals surface area contributed by atoms with Gasteiger partial charge in [-0.15, -0.1) is 0 Å². The Balaban J connectivity index is 2.30. The summed E-state index contributed by atoms with van der Waals surface area (Å²) in [5.41, 5.74) is 0.986. The van der Waals surface area contributed by atoms with Gasteiger partial charge in [0.2, 0.25) is 0 Å². The highest BCUT2D eigenvalue weighted by Gasteiger charge is 2.36. The molecule has 19 heavy (non-hydrogen) atoms.